The summed E-state index contributed by atoms with van der Waals surface area (Å²) in [5.74, 6) is 1.93. The monoisotopic (exact) mass is 320 g/mol. The average molecular weight is 320 g/mol. The van der Waals surface area contributed by atoms with Crippen LogP contribution in [0.4, 0.5) is 0 Å². The van der Waals surface area contributed by atoms with Crippen molar-refractivity contribution in [1.29, 1.82) is 0 Å². The van der Waals surface area contributed by atoms with Gasteiger partial charge in [0, 0.05) is 18.7 Å². The van der Waals surface area contributed by atoms with E-state index in [1.54, 1.807) is 17.8 Å². The number of nitrogens with one attached hydrogen (secondary N) is 2. The van der Waals surface area contributed by atoms with E-state index in [0.717, 1.165) is 6.42 Å². The van der Waals surface area contributed by atoms with Crippen LogP contribution in [0.3, 0.4) is 0 Å². The Morgan fingerprint density at radius 1 is 1.36 bits per heavy atom. The molecule has 0 fully saturated rings. The number of aromatic amines is 1. The van der Waals surface area contributed by atoms with Crippen LogP contribution in [0.25, 0.3) is 10.9 Å². The number of aromatic nitrogens is 2. The van der Waals surface area contributed by atoms with Crippen molar-refractivity contribution in [2.75, 3.05) is 18.8 Å². The number of benzene rings is 1. The smallest absolute Gasteiger partial charge is 0.258 e. The van der Waals surface area contributed by atoms with Gasteiger partial charge in [-0.1, -0.05) is 12.1 Å². The summed E-state index contributed by atoms with van der Waals surface area (Å²) in [6, 6.07) is 7.25. The molecule has 0 aliphatic heterocycles. The molecule has 1 amide bonds. The lowest BCUT2D eigenvalue weighted by molar-refractivity contribution is -0.120. The van der Waals surface area contributed by atoms with Gasteiger partial charge >= 0.3 is 0 Å². The van der Waals surface area contributed by atoms with Gasteiger partial charge in [-0.05, 0) is 25.1 Å². The van der Waals surface area contributed by atoms with Crippen LogP contribution in [0, 0.1) is 0 Å². The second-order valence-corrected chi connectivity index (χ2v) is 5.93. The van der Waals surface area contributed by atoms with Crippen molar-refractivity contribution >= 4 is 28.6 Å². The number of hydrogen-bond acceptors (Lipinski definition) is 5. The molecule has 0 aliphatic rings. The standard InChI is InChI=1S/C15H20N4O2S/c16-7-3-8-17-14(20)6-9-22-10-13-18-12-5-2-1-4-11(12)15(21)19-13/h1-2,4-5H,3,6-10,16H2,(H,17,20)(H,18,19,21). The van der Waals surface area contributed by atoms with Crippen molar-refractivity contribution in [2.45, 2.75) is 18.6 Å². The zero-order chi connectivity index (χ0) is 15.8. The predicted octanol–water partition coefficient (Wildman–Crippen LogP) is 1.01. The van der Waals surface area contributed by atoms with Crippen molar-refractivity contribution in [2.24, 2.45) is 5.73 Å². The minimum absolute atomic E-state index is 0.0286. The van der Waals surface area contributed by atoms with E-state index in [1.165, 1.54) is 0 Å². The number of rotatable bonds is 8. The van der Waals surface area contributed by atoms with E-state index in [0.29, 0.717) is 47.7 Å². The van der Waals surface area contributed by atoms with E-state index in [4.69, 9.17) is 5.73 Å². The molecule has 0 unspecified atom stereocenters. The number of carbonyl (C=O) groups excluding carboxylic acids is 1. The first kappa shape index (κ1) is 16.5. The van der Waals surface area contributed by atoms with Crippen LogP contribution in [0.5, 0.6) is 0 Å². The van der Waals surface area contributed by atoms with E-state index in [2.05, 4.69) is 15.3 Å². The van der Waals surface area contributed by atoms with E-state index in [9.17, 15) is 9.59 Å². The van der Waals surface area contributed by atoms with Crippen LogP contribution in [0.15, 0.2) is 29.1 Å². The SMILES string of the molecule is NCCCNC(=O)CCSCc1nc2ccccc2c(=O)[nH]1. The molecule has 4 N–H and O–H groups in total. The molecule has 7 heteroatoms. The number of nitrogens with zero attached hydrogens (tertiary/aromatic N) is 1. The lowest BCUT2D eigenvalue weighted by Gasteiger charge is -2.05. The molecule has 0 spiro atoms. The third-order valence-electron chi connectivity index (χ3n) is 3.08. The first-order chi connectivity index (χ1) is 10.7. The van der Waals surface area contributed by atoms with Gasteiger partial charge in [0.1, 0.15) is 5.82 Å². The Kier molecular flexibility index (Phi) is 6.42. The number of nitrogens with two attached hydrogens (primary N) is 1. The van der Waals surface area contributed by atoms with Gasteiger partial charge in [-0.25, -0.2) is 4.98 Å². The molecule has 0 bridgehead atoms. The molecule has 0 atom stereocenters. The summed E-state index contributed by atoms with van der Waals surface area (Å²) in [5.41, 5.74) is 5.93. The first-order valence-corrected chi connectivity index (χ1v) is 8.38. The van der Waals surface area contributed by atoms with Crippen molar-refractivity contribution < 1.29 is 4.79 Å². The zero-order valence-corrected chi connectivity index (χ0v) is 13.1. The van der Waals surface area contributed by atoms with Gasteiger partial charge in [0.15, 0.2) is 0 Å². The molecule has 22 heavy (non-hydrogen) atoms. The number of hydrogen-bond donors (Lipinski definition) is 3. The molecule has 0 saturated heterocycles. The summed E-state index contributed by atoms with van der Waals surface area (Å²) in [4.78, 5) is 30.6. The van der Waals surface area contributed by atoms with E-state index >= 15 is 0 Å². The van der Waals surface area contributed by atoms with Crippen LogP contribution in [-0.2, 0) is 10.5 Å². The lowest BCUT2D eigenvalue weighted by Crippen LogP contribution is -2.26. The number of H-pyrrole nitrogens is 1. The normalized spacial score (nSPS) is 10.8. The molecule has 2 aromatic rings. The molecule has 0 aliphatic carbocycles. The summed E-state index contributed by atoms with van der Waals surface area (Å²) in [5, 5.41) is 3.40. The summed E-state index contributed by atoms with van der Waals surface area (Å²) >= 11 is 1.57. The Labute approximate surface area is 132 Å². The van der Waals surface area contributed by atoms with E-state index in [1.807, 2.05) is 18.2 Å². The maximum Gasteiger partial charge on any atom is 0.258 e. The van der Waals surface area contributed by atoms with Crippen LogP contribution in [0.2, 0.25) is 0 Å². The number of amides is 1. The van der Waals surface area contributed by atoms with Gasteiger partial charge in [-0.15, -0.1) is 0 Å². The van der Waals surface area contributed by atoms with Gasteiger partial charge in [0.2, 0.25) is 5.91 Å². The Bertz CT molecular complexity index is 687. The van der Waals surface area contributed by atoms with Gasteiger partial charge in [0.25, 0.3) is 5.56 Å². The van der Waals surface area contributed by atoms with Crippen molar-refractivity contribution in [3.63, 3.8) is 0 Å². The van der Waals surface area contributed by atoms with Gasteiger partial charge in [0.05, 0.1) is 16.7 Å². The largest absolute Gasteiger partial charge is 0.356 e. The minimum Gasteiger partial charge on any atom is -0.356 e. The summed E-state index contributed by atoms with van der Waals surface area (Å²) in [7, 11) is 0. The lowest BCUT2D eigenvalue weighted by atomic mass is 10.2. The summed E-state index contributed by atoms with van der Waals surface area (Å²) in [6.45, 7) is 1.20. The quantitative estimate of drug-likeness (QED) is 0.630. The highest BCUT2D eigenvalue weighted by Gasteiger charge is 2.04. The van der Waals surface area contributed by atoms with Crippen molar-refractivity contribution in [3.8, 4) is 0 Å². The minimum atomic E-state index is -0.124. The van der Waals surface area contributed by atoms with Gasteiger partial charge in [-0.3, -0.25) is 9.59 Å². The number of fused-ring (bicyclic) bond motifs is 1. The topological polar surface area (TPSA) is 101 Å². The fraction of sp³-hybridized carbons (Fsp3) is 0.400. The second kappa shape index (κ2) is 8.55. The maximum atomic E-state index is 11.9. The average Bonchev–Trinajstić information content (AvgIpc) is 2.52. The summed E-state index contributed by atoms with van der Waals surface area (Å²) < 4.78 is 0. The van der Waals surface area contributed by atoms with E-state index < -0.39 is 0 Å². The molecular formula is C15H20N4O2S. The molecule has 6 nitrogen and oxygen atoms in total. The van der Waals surface area contributed by atoms with Crippen molar-refractivity contribution in [1.82, 2.24) is 15.3 Å². The highest BCUT2D eigenvalue weighted by molar-refractivity contribution is 7.98. The van der Waals surface area contributed by atoms with Gasteiger partial charge < -0.3 is 16.0 Å². The highest BCUT2D eigenvalue weighted by atomic mass is 32.2. The molecule has 0 saturated carbocycles. The van der Waals surface area contributed by atoms with E-state index in [-0.39, 0.29) is 11.5 Å². The number of thioether (sulfide) groups is 1. The van der Waals surface area contributed by atoms with Crippen LogP contribution < -0.4 is 16.6 Å². The Morgan fingerprint density at radius 2 is 2.18 bits per heavy atom. The predicted molar refractivity (Wildman–Crippen MR) is 89.8 cm³/mol. The Morgan fingerprint density at radius 3 is 3.00 bits per heavy atom. The second-order valence-electron chi connectivity index (χ2n) is 4.82. The summed E-state index contributed by atoms with van der Waals surface area (Å²) in [6.07, 6.45) is 1.24. The Balaban J connectivity index is 1.80. The molecular weight excluding hydrogens is 300 g/mol. The number of para-hydroxylation sites is 1. The molecule has 1 aromatic carbocycles. The fourth-order valence-electron chi connectivity index (χ4n) is 1.96. The molecule has 118 valence electrons. The zero-order valence-electron chi connectivity index (χ0n) is 12.3. The first-order valence-electron chi connectivity index (χ1n) is 7.23. The van der Waals surface area contributed by atoms with Crippen molar-refractivity contribution in [3.05, 3.63) is 40.4 Å². The van der Waals surface area contributed by atoms with Crippen LogP contribution >= 0.6 is 11.8 Å². The maximum absolute atomic E-state index is 11.9. The molecule has 0 radical (unpaired) electrons. The third-order valence-corrected chi connectivity index (χ3v) is 4.05. The molecule has 1 heterocycles. The molecule has 2 rings (SSSR count). The van der Waals surface area contributed by atoms with Crippen LogP contribution in [-0.4, -0.2) is 34.7 Å². The van der Waals surface area contributed by atoms with Gasteiger partial charge in [-0.2, -0.15) is 11.8 Å². The third kappa shape index (κ3) is 4.85. The van der Waals surface area contributed by atoms with Crippen LogP contribution in [0.1, 0.15) is 18.7 Å². The Hall–Kier alpha value is -1.86. The molecule has 1 aromatic heterocycles. The number of carbonyl (C=O) groups is 1. The fourth-order valence-corrected chi connectivity index (χ4v) is 2.76. The highest BCUT2D eigenvalue weighted by Crippen LogP contribution is 2.11.